The van der Waals surface area contributed by atoms with E-state index in [2.05, 4.69) is 4.90 Å². The largest absolute Gasteiger partial charge is 0.416 e. The number of ether oxygens (including phenoxy) is 1. The van der Waals surface area contributed by atoms with E-state index in [4.69, 9.17) is 27.9 Å². The van der Waals surface area contributed by atoms with Crippen LogP contribution in [0, 0.1) is 0 Å². The average molecular weight is 498 g/mol. The third kappa shape index (κ3) is 4.60. The summed E-state index contributed by atoms with van der Waals surface area (Å²) in [4.78, 5) is 2.13. The van der Waals surface area contributed by atoms with Crippen LogP contribution in [-0.2, 0) is 17.1 Å². The van der Waals surface area contributed by atoms with Crippen molar-refractivity contribution < 1.29 is 31.1 Å². The fraction of sp³-hybridized carbons (Fsp3) is 0.455. The summed E-state index contributed by atoms with van der Waals surface area (Å²) in [5, 5.41) is -0.194. The van der Waals surface area contributed by atoms with E-state index in [1.807, 2.05) is 0 Å². The summed E-state index contributed by atoms with van der Waals surface area (Å²) in [7, 11) is 0. The molecule has 0 spiro atoms. The van der Waals surface area contributed by atoms with Crippen LogP contribution in [0.1, 0.15) is 53.7 Å². The lowest BCUT2D eigenvalue weighted by atomic mass is 9.87. The highest BCUT2D eigenvalue weighted by Crippen LogP contribution is 2.48. The van der Waals surface area contributed by atoms with Crippen LogP contribution in [0.5, 0.6) is 0 Å². The number of hydrogen-bond acceptors (Lipinski definition) is 2. The van der Waals surface area contributed by atoms with E-state index in [1.54, 1.807) is 0 Å². The molecule has 2 fully saturated rings. The molecule has 2 aromatic carbocycles. The van der Waals surface area contributed by atoms with Crippen LogP contribution in [-0.4, -0.2) is 24.1 Å². The van der Waals surface area contributed by atoms with Crippen molar-refractivity contribution in [2.75, 3.05) is 13.2 Å². The zero-order valence-electron chi connectivity index (χ0n) is 16.6. The van der Waals surface area contributed by atoms with Gasteiger partial charge in [-0.25, -0.2) is 0 Å². The van der Waals surface area contributed by atoms with Crippen LogP contribution in [0.25, 0.3) is 0 Å². The molecule has 2 aliphatic heterocycles. The third-order valence-electron chi connectivity index (χ3n) is 6.07. The molecule has 32 heavy (non-hydrogen) atoms. The Labute approximate surface area is 191 Å². The van der Waals surface area contributed by atoms with Crippen molar-refractivity contribution in [3.05, 3.63) is 68.7 Å². The fourth-order valence-electron chi connectivity index (χ4n) is 4.53. The van der Waals surface area contributed by atoms with Crippen LogP contribution in [0.3, 0.4) is 0 Å². The second-order valence-corrected chi connectivity index (χ2v) is 8.87. The molecule has 0 aliphatic carbocycles. The predicted octanol–water partition coefficient (Wildman–Crippen LogP) is 7.70. The van der Waals surface area contributed by atoms with Gasteiger partial charge in [0, 0.05) is 21.7 Å². The maximum atomic E-state index is 13.1. The van der Waals surface area contributed by atoms with Gasteiger partial charge >= 0.3 is 12.4 Å². The van der Waals surface area contributed by atoms with Gasteiger partial charge in [0.2, 0.25) is 0 Å². The van der Waals surface area contributed by atoms with Gasteiger partial charge in [0.25, 0.3) is 0 Å². The van der Waals surface area contributed by atoms with Crippen molar-refractivity contribution in [3.63, 3.8) is 0 Å². The maximum Gasteiger partial charge on any atom is 0.416 e. The van der Waals surface area contributed by atoms with E-state index in [0.717, 1.165) is 43.5 Å². The van der Waals surface area contributed by atoms with Gasteiger partial charge in [-0.2, -0.15) is 26.3 Å². The number of benzene rings is 2. The number of alkyl halides is 6. The summed E-state index contributed by atoms with van der Waals surface area (Å²) in [6, 6.07) is 5.64. The van der Waals surface area contributed by atoms with Crippen LogP contribution < -0.4 is 0 Å². The highest BCUT2D eigenvalue weighted by Gasteiger charge is 2.43. The molecule has 10 heteroatoms. The van der Waals surface area contributed by atoms with Crippen molar-refractivity contribution in [3.8, 4) is 0 Å². The number of piperidine rings is 1. The van der Waals surface area contributed by atoms with Crippen LogP contribution in [0.4, 0.5) is 26.3 Å². The minimum atomic E-state index is -4.55. The molecule has 2 aliphatic rings. The van der Waals surface area contributed by atoms with E-state index in [1.165, 1.54) is 12.1 Å². The Balaban J connectivity index is 1.78. The van der Waals surface area contributed by atoms with Crippen LogP contribution >= 0.6 is 23.2 Å². The lowest BCUT2D eigenvalue weighted by Crippen LogP contribution is -2.51. The maximum absolute atomic E-state index is 13.1. The zero-order chi connectivity index (χ0) is 23.3. The normalized spacial score (nSPS) is 24.9. The number of rotatable bonds is 2. The lowest BCUT2D eigenvalue weighted by molar-refractivity contribution is -0.138. The van der Waals surface area contributed by atoms with Crippen LogP contribution in [0.2, 0.25) is 10.0 Å². The number of hydrogen-bond donors (Lipinski definition) is 0. The van der Waals surface area contributed by atoms with E-state index in [-0.39, 0.29) is 16.1 Å². The third-order valence-corrected chi connectivity index (χ3v) is 6.72. The highest BCUT2D eigenvalue weighted by atomic mass is 35.5. The Kier molecular flexibility index (Phi) is 6.44. The SMILES string of the molecule is FC(F)(F)c1ccc(C2OCC3CCCCN3C2c2ccc(C(F)(F)F)cc2Cl)c(Cl)c1. The summed E-state index contributed by atoms with van der Waals surface area (Å²) in [5.41, 5.74) is -0.999. The summed E-state index contributed by atoms with van der Waals surface area (Å²) in [6.07, 6.45) is -7.16. The molecule has 0 radical (unpaired) electrons. The first-order valence-corrected chi connectivity index (χ1v) is 10.8. The van der Waals surface area contributed by atoms with Crippen molar-refractivity contribution >= 4 is 23.2 Å². The van der Waals surface area contributed by atoms with Gasteiger partial charge in [0.15, 0.2) is 0 Å². The quantitative estimate of drug-likeness (QED) is 0.394. The van der Waals surface area contributed by atoms with Gasteiger partial charge in [-0.1, -0.05) is 41.8 Å². The molecular formula is C22H19Cl2F6NO. The molecule has 4 rings (SSSR count). The molecule has 0 bridgehead atoms. The Morgan fingerprint density at radius 3 is 1.91 bits per heavy atom. The molecule has 2 aromatic rings. The molecule has 2 saturated heterocycles. The fourth-order valence-corrected chi connectivity index (χ4v) is 5.11. The minimum Gasteiger partial charge on any atom is -0.370 e. The van der Waals surface area contributed by atoms with Crippen molar-refractivity contribution in [2.24, 2.45) is 0 Å². The van der Waals surface area contributed by atoms with Gasteiger partial charge in [0.1, 0.15) is 6.10 Å². The summed E-state index contributed by atoms with van der Waals surface area (Å²) >= 11 is 12.6. The van der Waals surface area contributed by atoms with Crippen LogP contribution in [0.15, 0.2) is 36.4 Å². The van der Waals surface area contributed by atoms with E-state index in [0.29, 0.717) is 24.3 Å². The second kappa shape index (κ2) is 8.70. The molecule has 0 amide bonds. The number of morpholine rings is 1. The van der Waals surface area contributed by atoms with Crippen molar-refractivity contribution in [1.29, 1.82) is 0 Å². The van der Waals surface area contributed by atoms with E-state index in [9.17, 15) is 26.3 Å². The first-order valence-electron chi connectivity index (χ1n) is 10.1. The Bertz CT molecular complexity index is 993. The summed E-state index contributed by atoms with van der Waals surface area (Å²) in [5.74, 6) is 0. The first-order chi connectivity index (χ1) is 15.0. The highest BCUT2D eigenvalue weighted by molar-refractivity contribution is 6.32. The molecule has 0 N–H and O–H groups in total. The van der Waals surface area contributed by atoms with Gasteiger partial charge in [-0.05, 0) is 49.2 Å². The molecule has 2 nitrogen and oxygen atoms in total. The molecular weight excluding hydrogens is 479 g/mol. The van der Waals surface area contributed by atoms with Gasteiger partial charge < -0.3 is 4.74 Å². The molecule has 0 aromatic heterocycles. The monoisotopic (exact) mass is 497 g/mol. The second-order valence-electron chi connectivity index (χ2n) is 8.05. The van der Waals surface area contributed by atoms with Crippen molar-refractivity contribution in [2.45, 2.75) is 49.8 Å². The molecule has 174 valence electrons. The van der Waals surface area contributed by atoms with Crippen molar-refractivity contribution in [1.82, 2.24) is 4.90 Å². The van der Waals surface area contributed by atoms with Gasteiger partial charge in [-0.15, -0.1) is 0 Å². The van der Waals surface area contributed by atoms with E-state index >= 15 is 0 Å². The first kappa shape index (κ1) is 23.7. The smallest absolute Gasteiger partial charge is 0.370 e. The predicted molar refractivity (Wildman–Crippen MR) is 109 cm³/mol. The minimum absolute atomic E-state index is 0.0385. The van der Waals surface area contributed by atoms with Gasteiger partial charge in [0.05, 0.1) is 23.8 Å². The lowest BCUT2D eigenvalue weighted by Gasteiger charge is -2.49. The molecule has 0 saturated carbocycles. The summed E-state index contributed by atoms with van der Waals surface area (Å²) in [6.45, 7) is 1.02. The summed E-state index contributed by atoms with van der Waals surface area (Å²) < 4.78 is 84.7. The van der Waals surface area contributed by atoms with E-state index < -0.39 is 35.6 Å². The Morgan fingerprint density at radius 2 is 1.38 bits per heavy atom. The number of halogens is 8. The molecule has 3 unspecified atom stereocenters. The topological polar surface area (TPSA) is 12.5 Å². The average Bonchev–Trinajstić information content (AvgIpc) is 2.72. The number of fused-ring (bicyclic) bond motifs is 1. The standard InChI is InChI=1S/C22H19Cl2F6NO/c23-17-9-12(21(25,26)27)4-6-15(17)19-20(32-11-14-3-1-2-8-31(14)19)16-7-5-13(10-18(16)24)22(28,29)30/h4-7,9-10,14,19-20H,1-3,8,11H2. The molecule has 2 heterocycles. The molecule has 3 atom stereocenters. The number of nitrogens with zero attached hydrogens (tertiary/aromatic N) is 1. The Morgan fingerprint density at radius 1 is 0.812 bits per heavy atom. The zero-order valence-corrected chi connectivity index (χ0v) is 18.1. The van der Waals surface area contributed by atoms with Gasteiger partial charge in [-0.3, -0.25) is 4.90 Å². The Hall–Kier alpha value is -1.48.